The van der Waals surface area contributed by atoms with E-state index < -0.39 is 0 Å². The Labute approximate surface area is 305 Å². The van der Waals surface area contributed by atoms with E-state index in [1.54, 1.807) is 0 Å². The zero-order chi connectivity index (χ0) is 34.9. The molecule has 248 valence electrons. The second-order valence-electron chi connectivity index (χ2n) is 13.6. The van der Waals surface area contributed by atoms with Crippen LogP contribution in [-0.2, 0) is 0 Å². The maximum atomic E-state index is 6.77. The summed E-state index contributed by atoms with van der Waals surface area (Å²) in [6.45, 7) is 0. The molecule has 0 bridgehead atoms. The van der Waals surface area contributed by atoms with Crippen molar-refractivity contribution in [2.45, 2.75) is 0 Å². The van der Waals surface area contributed by atoms with E-state index in [9.17, 15) is 0 Å². The first-order chi connectivity index (χ1) is 26.3. The van der Waals surface area contributed by atoms with E-state index in [-0.39, 0.29) is 0 Å². The molecule has 3 aromatic heterocycles. The van der Waals surface area contributed by atoms with Crippen LogP contribution in [0.5, 0.6) is 0 Å². The van der Waals surface area contributed by atoms with Gasteiger partial charge in [-0.3, -0.25) is 0 Å². The van der Waals surface area contributed by atoms with Crippen molar-refractivity contribution in [3.05, 3.63) is 188 Å². The van der Waals surface area contributed by atoms with Gasteiger partial charge in [0.2, 0.25) is 5.89 Å². The number of nitrogens with zero attached hydrogens (tertiary/aromatic N) is 3. The third kappa shape index (κ3) is 4.59. The molecule has 0 saturated carbocycles. The highest BCUT2D eigenvalue weighted by Gasteiger charge is 2.22. The summed E-state index contributed by atoms with van der Waals surface area (Å²) in [4.78, 5) is 5.25. The van der Waals surface area contributed by atoms with Crippen molar-refractivity contribution in [3.63, 3.8) is 0 Å². The average molecular weight is 678 g/mol. The van der Waals surface area contributed by atoms with E-state index in [0.29, 0.717) is 5.89 Å². The van der Waals surface area contributed by atoms with Crippen LogP contribution in [0.3, 0.4) is 0 Å². The quantitative estimate of drug-likeness (QED) is 0.182. The van der Waals surface area contributed by atoms with Crippen molar-refractivity contribution in [2.75, 3.05) is 0 Å². The molecule has 4 nitrogen and oxygen atoms in total. The Hall–Kier alpha value is -7.17. The first-order valence-corrected chi connectivity index (χ1v) is 18.0. The van der Waals surface area contributed by atoms with Crippen molar-refractivity contribution in [1.82, 2.24) is 14.1 Å². The lowest BCUT2D eigenvalue weighted by Gasteiger charge is -2.17. The first kappa shape index (κ1) is 29.5. The Bertz CT molecular complexity index is 3060. The highest BCUT2D eigenvalue weighted by molar-refractivity contribution is 6.11. The van der Waals surface area contributed by atoms with Gasteiger partial charge in [0.1, 0.15) is 5.52 Å². The fourth-order valence-corrected chi connectivity index (χ4v) is 8.18. The second kappa shape index (κ2) is 11.7. The predicted molar refractivity (Wildman–Crippen MR) is 219 cm³/mol. The molecule has 0 atom stereocenters. The van der Waals surface area contributed by atoms with Gasteiger partial charge in [0.15, 0.2) is 5.58 Å². The van der Waals surface area contributed by atoms with Gasteiger partial charge in [-0.2, -0.15) is 0 Å². The van der Waals surface area contributed by atoms with E-state index >= 15 is 0 Å². The smallest absolute Gasteiger partial charge is 0.227 e. The lowest BCUT2D eigenvalue weighted by molar-refractivity contribution is 0.620. The molecule has 11 rings (SSSR count). The molecule has 8 aromatic carbocycles. The highest BCUT2D eigenvalue weighted by Crippen LogP contribution is 2.41. The number of benzene rings is 8. The van der Waals surface area contributed by atoms with Crippen LogP contribution in [0, 0.1) is 0 Å². The number of oxazole rings is 1. The molecule has 0 amide bonds. The third-order valence-electron chi connectivity index (χ3n) is 10.6. The monoisotopic (exact) mass is 677 g/mol. The number of rotatable bonds is 5. The third-order valence-corrected chi connectivity index (χ3v) is 10.6. The van der Waals surface area contributed by atoms with E-state index in [1.807, 2.05) is 12.1 Å². The molecule has 0 spiro atoms. The Morgan fingerprint density at radius 2 is 0.830 bits per heavy atom. The topological polar surface area (TPSA) is 35.9 Å². The van der Waals surface area contributed by atoms with Crippen LogP contribution < -0.4 is 0 Å². The molecule has 0 radical (unpaired) electrons. The largest absolute Gasteiger partial charge is 0.436 e. The van der Waals surface area contributed by atoms with Gasteiger partial charge in [-0.15, -0.1) is 0 Å². The summed E-state index contributed by atoms with van der Waals surface area (Å²) in [5, 5.41) is 4.87. The summed E-state index contributed by atoms with van der Waals surface area (Å²) in [5.74, 6) is 0.582. The molecule has 11 aromatic rings. The van der Waals surface area contributed by atoms with Crippen LogP contribution in [0.1, 0.15) is 0 Å². The fourth-order valence-electron chi connectivity index (χ4n) is 8.18. The van der Waals surface area contributed by atoms with Crippen LogP contribution >= 0.6 is 0 Å². The van der Waals surface area contributed by atoms with Gasteiger partial charge in [0, 0.05) is 32.7 Å². The number of fused-ring (bicyclic) bond motifs is 7. The maximum absolute atomic E-state index is 6.77. The van der Waals surface area contributed by atoms with Gasteiger partial charge >= 0.3 is 0 Å². The van der Waals surface area contributed by atoms with Gasteiger partial charge in [-0.05, 0) is 71.3 Å². The van der Waals surface area contributed by atoms with Gasteiger partial charge in [0.25, 0.3) is 0 Å². The van der Waals surface area contributed by atoms with Crippen LogP contribution in [0.4, 0.5) is 0 Å². The van der Waals surface area contributed by atoms with Gasteiger partial charge < -0.3 is 13.6 Å². The molecule has 4 heteroatoms. The second-order valence-corrected chi connectivity index (χ2v) is 13.6. The molecule has 0 aliphatic carbocycles. The minimum Gasteiger partial charge on any atom is -0.436 e. The van der Waals surface area contributed by atoms with Crippen molar-refractivity contribution in [2.24, 2.45) is 0 Å². The predicted octanol–water partition coefficient (Wildman–Crippen LogP) is 13.0. The molecular formula is C49H31N3O. The first-order valence-electron chi connectivity index (χ1n) is 18.0. The number of aromatic nitrogens is 3. The minimum absolute atomic E-state index is 0.582. The zero-order valence-corrected chi connectivity index (χ0v) is 28.6. The number of para-hydroxylation sites is 4. The minimum atomic E-state index is 0.582. The van der Waals surface area contributed by atoms with Crippen LogP contribution in [0.2, 0.25) is 0 Å². The number of hydrogen-bond acceptors (Lipinski definition) is 2. The molecule has 0 saturated heterocycles. The van der Waals surface area contributed by atoms with E-state index in [4.69, 9.17) is 9.40 Å². The summed E-state index contributed by atoms with van der Waals surface area (Å²) >= 11 is 0. The summed E-state index contributed by atoms with van der Waals surface area (Å²) in [7, 11) is 0. The highest BCUT2D eigenvalue weighted by atomic mass is 16.3. The van der Waals surface area contributed by atoms with Crippen molar-refractivity contribution < 1.29 is 4.42 Å². The van der Waals surface area contributed by atoms with Crippen LogP contribution in [0.15, 0.2) is 192 Å². The van der Waals surface area contributed by atoms with Crippen molar-refractivity contribution >= 4 is 54.7 Å². The van der Waals surface area contributed by atoms with E-state index in [1.165, 1.54) is 21.5 Å². The van der Waals surface area contributed by atoms with Crippen LogP contribution in [0.25, 0.3) is 99.8 Å². The summed E-state index contributed by atoms with van der Waals surface area (Å²) in [5.41, 5.74) is 13.6. The average Bonchev–Trinajstić information content (AvgIpc) is 3.91. The van der Waals surface area contributed by atoms with E-state index in [0.717, 1.165) is 72.4 Å². The standard InChI is InChI=1S/C49H31N3O/c1-3-15-32(16-4-1)35-29-40(33-17-5-2-6-18-33)48-47(31-35)53-49(50-48)34-27-28-45(51-41-23-11-7-19-36(41)37-20-8-12-24-42(37)51)46(30-34)52-43-25-13-9-21-38(43)39-22-10-14-26-44(39)52/h1-31H. The summed E-state index contributed by atoms with van der Waals surface area (Å²) in [6.07, 6.45) is 0. The lowest BCUT2D eigenvalue weighted by atomic mass is 9.98. The Balaban J connectivity index is 1.21. The summed E-state index contributed by atoms with van der Waals surface area (Å²) < 4.78 is 11.6. The Kier molecular flexibility index (Phi) is 6.52. The fraction of sp³-hybridized carbons (Fsp3) is 0. The van der Waals surface area contributed by atoms with Gasteiger partial charge in [0.05, 0.1) is 33.4 Å². The van der Waals surface area contributed by atoms with E-state index in [2.05, 4.69) is 185 Å². The Morgan fingerprint density at radius 3 is 1.38 bits per heavy atom. The molecule has 3 heterocycles. The number of hydrogen-bond donors (Lipinski definition) is 0. The van der Waals surface area contributed by atoms with Crippen LogP contribution in [-0.4, -0.2) is 14.1 Å². The van der Waals surface area contributed by atoms with Gasteiger partial charge in [-0.25, -0.2) is 4.98 Å². The normalized spacial score (nSPS) is 11.8. The van der Waals surface area contributed by atoms with Crippen molar-refractivity contribution in [3.8, 4) is 45.1 Å². The molecular weight excluding hydrogens is 647 g/mol. The Morgan fingerprint density at radius 1 is 0.358 bits per heavy atom. The van der Waals surface area contributed by atoms with Gasteiger partial charge in [-0.1, -0.05) is 133 Å². The molecule has 53 heavy (non-hydrogen) atoms. The molecule has 0 aliphatic rings. The zero-order valence-electron chi connectivity index (χ0n) is 28.6. The lowest BCUT2D eigenvalue weighted by Crippen LogP contribution is -2.04. The molecule has 0 unspecified atom stereocenters. The molecule has 0 N–H and O–H groups in total. The molecule has 0 aliphatic heterocycles. The summed E-state index contributed by atoms with van der Waals surface area (Å²) in [6, 6.07) is 66.6. The molecule has 0 fully saturated rings. The van der Waals surface area contributed by atoms with Crippen molar-refractivity contribution in [1.29, 1.82) is 0 Å². The SMILES string of the molecule is c1ccc(-c2cc(-c3ccccc3)c3nc(-c4ccc(-n5c6ccccc6c6ccccc65)c(-n5c6ccccc6c6ccccc65)c4)oc3c2)cc1. The maximum Gasteiger partial charge on any atom is 0.227 e.